The Morgan fingerprint density at radius 1 is 1.69 bits per heavy atom. The number of hydrogen-bond acceptors (Lipinski definition) is 3. The quantitative estimate of drug-likeness (QED) is 0.516. The smallest absolute Gasteiger partial charge is 0.222 e. The molecule has 0 aliphatic heterocycles. The SMILES string of the molecule is C=CCn1nc(C)c(C=O)c1OC. The van der Waals surface area contributed by atoms with Crippen LogP contribution in [0.15, 0.2) is 12.7 Å². The van der Waals surface area contributed by atoms with Crippen molar-refractivity contribution in [2.75, 3.05) is 7.11 Å². The fourth-order valence-corrected chi connectivity index (χ4v) is 1.17. The molecule has 1 aromatic heterocycles. The van der Waals surface area contributed by atoms with E-state index >= 15 is 0 Å². The molecule has 0 N–H and O–H groups in total. The molecule has 1 aromatic rings. The van der Waals surface area contributed by atoms with Gasteiger partial charge in [0, 0.05) is 0 Å². The van der Waals surface area contributed by atoms with Crippen molar-refractivity contribution in [3.05, 3.63) is 23.9 Å². The van der Waals surface area contributed by atoms with E-state index in [4.69, 9.17) is 4.74 Å². The molecule has 0 saturated carbocycles. The van der Waals surface area contributed by atoms with E-state index in [-0.39, 0.29) is 0 Å². The molecule has 0 unspecified atom stereocenters. The minimum absolute atomic E-state index is 0.493. The second kappa shape index (κ2) is 3.89. The zero-order chi connectivity index (χ0) is 9.84. The number of carbonyl (C=O) groups is 1. The lowest BCUT2D eigenvalue weighted by Crippen LogP contribution is -2.01. The number of methoxy groups -OCH3 is 1. The molecular weight excluding hydrogens is 168 g/mol. The number of aromatic nitrogens is 2. The normalized spacial score (nSPS) is 9.69. The van der Waals surface area contributed by atoms with E-state index in [1.54, 1.807) is 17.7 Å². The first-order valence-corrected chi connectivity index (χ1v) is 3.92. The van der Waals surface area contributed by atoms with Crippen LogP contribution in [0.25, 0.3) is 0 Å². The molecule has 0 spiro atoms. The fraction of sp³-hybridized carbons (Fsp3) is 0.333. The largest absolute Gasteiger partial charge is 0.481 e. The first-order valence-electron chi connectivity index (χ1n) is 3.92. The summed E-state index contributed by atoms with van der Waals surface area (Å²) in [6.45, 7) is 5.90. The zero-order valence-electron chi connectivity index (χ0n) is 7.78. The van der Waals surface area contributed by atoms with Gasteiger partial charge >= 0.3 is 0 Å². The molecule has 0 saturated heterocycles. The second-order valence-corrected chi connectivity index (χ2v) is 2.60. The maximum Gasteiger partial charge on any atom is 0.222 e. The van der Waals surface area contributed by atoms with E-state index in [9.17, 15) is 4.79 Å². The Hall–Kier alpha value is -1.58. The molecule has 0 aliphatic rings. The van der Waals surface area contributed by atoms with Gasteiger partial charge in [-0.15, -0.1) is 6.58 Å². The molecule has 0 fully saturated rings. The standard InChI is InChI=1S/C9H12N2O2/c1-4-5-11-9(13-3)8(6-12)7(2)10-11/h4,6H,1,5H2,2-3H3. The summed E-state index contributed by atoms with van der Waals surface area (Å²) < 4.78 is 6.67. The summed E-state index contributed by atoms with van der Waals surface area (Å²) in [7, 11) is 1.52. The van der Waals surface area contributed by atoms with Crippen LogP contribution in [-0.4, -0.2) is 23.2 Å². The van der Waals surface area contributed by atoms with Crippen molar-refractivity contribution in [2.24, 2.45) is 0 Å². The monoisotopic (exact) mass is 180 g/mol. The van der Waals surface area contributed by atoms with Crippen LogP contribution in [0.5, 0.6) is 5.88 Å². The molecule has 70 valence electrons. The van der Waals surface area contributed by atoms with Crippen molar-refractivity contribution in [3.63, 3.8) is 0 Å². The van der Waals surface area contributed by atoms with Gasteiger partial charge in [-0.05, 0) is 6.92 Å². The summed E-state index contributed by atoms with van der Waals surface area (Å²) in [5, 5.41) is 4.13. The third-order valence-corrected chi connectivity index (χ3v) is 1.74. The maximum absolute atomic E-state index is 10.7. The minimum Gasteiger partial charge on any atom is -0.481 e. The van der Waals surface area contributed by atoms with Gasteiger partial charge in [0.1, 0.15) is 0 Å². The Bertz CT molecular complexity index is 329. The van der Waals surface area contributed by atoms with Crippen LogP contribution in [0.1, 0.15) is 16.1 Å². The van der Waals surface area contributed by atoms with Crippen LogP contribution in [0.3, 0.4) is 0 Å². The highest BCUT2D eigenvalue weighted by molar-refractivity contribution is 5.80. The Morgan fingerprint density at radius 3 is 2.85 bits per heavy atom. The highest BCUT2D eigenvalue weighted by Crippen LogP contribution is 2.19. The van der Waals surface area contributed by atoms with Crippen LogP contribution in [0.2, 0.25) is 0 Å². The van der Waals surface area contributed by atoms with Gasteiger partial charge in [0.15, 0.2) is 6.29 Å². The Labute approximate surface area is 76.8 Å². The van der Waals surface area contributed by atoms with Gasteiger partial charge < -0.3 is 4.74 Å². The summed E-state index contributed by atoms with van der Waals surface area (Å²) in [5.74, 6) is 0.493. The molecule has 0 bridgehead atoms. The molecule has 13 heavy (non-hydrogen) atoms. The Morgan fingerprint density at radius 2 is 2.38 bits per heavy atom. The van der Waals surface area contributed by atoms with Gasteiger partial charge in [-0.25, -0.2) is 4.68 Å². The van der Waals surface area contributed by atoms with E-state index in [0.717, 1.165) is 6.29 Å². The Kier molecular flexibility index (Phi) is 2.84. The molecule has 0 amide bonds. The average Bonchev–Trinajstić information content (AvgIpc) is 2.41. The third kappa shape index (κ3) is 1.61. The van der Waals surface area contributed by atoms with E-state index in [2.05, 4.69) is 11.7 Å². The van der Waals surface area contributed by atoms with E-state index in [1.807, 2.05) is 0 Å². The van der Waals surface area contributed by atoms with E-state index in [1.165, 1.54) is 7.11 Å². The van der Waals surface area contributed by atoms with Crippen LogP contribution < -0.4 is 4.74 Å². The number of allylic oxidation sites excluding steroid dienone is 1. The predicted octanol–water partition coefficient (Wildman–Crippen LogP) is 1.20. The highest BCUT2D eigenvalue weighted by Gasteiger charge is 2.13. The number of ether oxygens (including phenoxy) is 1. The number of aldehydes is 1. The average molecular weight is 180 g/mol. The second-order valence-electron chi connectivity index (χ2n) is 2.60. The predicted molar refractivity (Wildman–Crippen MR) is 49.1 cm³/mol. The molecule has 4 heteroatoms. The molecule has 0 aromatic carbocycles. The van der Waals surface area contributed by atoms with Crippen LogP contribution >= 0.6 is 0 Å². The number of rotatable bonds is 4. The maximum atomic E-state index is 10.7. The molecule has 0 radical (unpaired) electrons. The number of hydrogen-bond donors (Lipinski definition) is 0. The van der Waals surface area contributed by atoms with Gasteiger partial charge in [0.2, 0.25) is 5.88 Å². The highest BCUT2D eigenvalue weighted by atomic mass is 16.5. The Balaban J connectivity index is 3.20. The summed E-state index contributed by atoms with van der Waals surface area (Å²) in [4.78, 5) is 10.7. The van der Waals surface area contributed by atoms with Crippen LogP contribution in [0.4, 0.5) is 0 Å². The molecular formula is C9H12N2O2. The van der Waals surface area contributed by atoms with Crippen molar-refractivity contribution in [2.45, 2.75) is 13.5 Å². The van der Waals surface area contributed by atoms with E-state index in [0.29, 0.717) is 23.7 Å². The molecule has 0 aliphatic carbocycles. The molecule has 4 nitrogen and oxygen atoms in total. The number of aryl methyl sites for hydroxylation is 1. The van der Waals surface area contributed by atoms with Crippen LogP contribution in [-0.2, 0) is 6.54 Å². The summed E-state index contributed by atoms with van der Waals surface area (Å²) >= 11 is 0. The van der Waals surface area contributed by atoms with Crippen LogP contribution in [0, 0.1) is 6.92 Å². The summed E-state index contributed by atoms with van der Waals surface area (Å²) in [6.07, 6.45) is 2.45. The lowest BCUT2D eigenvalue weighted by Gasteiger charge is -2.02. The third-order valence-electron chi connectivity index (χ3n) is 1.74. The van der Waals surface area contributed by atoms with Gasteiger partial charge in [0.25, 0.3) is 0 Å². The van der Waals surface area contributed by atoms with Crippen molar-refractivity contribution in [3.8, 4) is 5.88 Å². The van der Waals surface area contributed by atoms with Crippen molar-refractivity contribution < 1.29 is 9.53 Å². The van der Waals surface area contributed by atoms with Gasteiger partial charge in [-0.2, -0.15) is 5.10 Å². The number of carbonyl (C=O) groups excluding carboxylic acids is 1. The first kappa shape index (κ1) is 9.51. The topological polar surface area (TPSA) is 44.1 Å². The summed E-state index contributed by atoms with van der Waals surface area (Å²) in [6, 6.07) is 0. The van der Waals surface area contributed by atoms with Gasteiger partial charge in [0.05, 0.1) is 24.9 Å². The lowest BCUT2D eigenvalue weighted by molar-refractivity contribution is 0.111. The van der Waals surface area contributed by atoms with Gasteiger partial charge in [-0.3, -0.25) is 4.79 Å². The van der Waals surface area contributed by atoms with Gasteiger partial charge in [-0.1, -0.05) is 6.08 Å². The molecule has 1 rings (SSSR count). The molecule has 1 heterocycles. The molecule has 0 atom stereocenters. The summed E-state index contributed by atoms with van der Waals surface area (Å²) in [5.41, 5.74) is 1.18. The van der Waals surface area contributed by atoms with Crippen molar-refractivity contribution in [1.29, 1.82) is 0 Å². The van der Waals surface area contributed by atoms with Crippen molar-refractivity contribution >= 4 is 6.29 Å². The number of nitrogens with zero attached hydrogens (tertiary/aromatic N) is 2. The van der Waals surface area contributed by atoms with Crippen molar-refractivity contribution in [1.82, 2.24) is 9.78 Å². The zero-order valence-corrected chi connectivity index (χ0v) is 7.78. The lowest BCUT2D eigenvalue weighted by atomic mass is 10.3. The minimum atomic E-state index is 0.493. The van der Waals surface area contributed by atoms with E-state index < -0.39 is 0 Å². The fourth-order valence-electron chi connectivity index (χ4n) is 1.17. The first-order chi connectivity index (χ1) is 6.24.